The Balaban J connectivity index is 2.08. The van der Waals surface area contributed by atoms with Crippen molar-refractivity contribution in [2.24, 2.45) is 5.92 Å². The zero-order valence-electron chi connectivity index (χ0n) is 13.5. The first-order chi connectivity index (χ1) is 9.74. The van der Waals surface area contributed by atoms with Crippen LogP contribution in [0.5, 0.6) is 0 Å². The van der Waals surface area contributed by atoms with E-state index in [0.29, 0.717) is 6.04 Å². The van der Waals surface area contributed by atoms with E-state index in [0.717, 1.165) is 12.5 Å². The lowest BCUT2D eigenvalue weighted by atomic mass is 9.91. The summed E-state index contributed by atoms with van der Waals surface area (Å²) in [7, 11) is 0. The fourth-order valence-electron chi connectivity index (χ4n) is 3.48. The van der Waals surface area contributed by atoms with Crippen molar-refractivity contribution >= 4 is 0 Å². The Morgan fingerprint density at radius 2 is 1.90 bits per heavy atom. The third-order valence-corrected chi connectivity index (χ3v) is 4.59. The molecule has 1 N–H and O–H groups in total. The van der Waals surface area contributed by atoms with Crippen LogP contribution in [0.4, 0.5) is 0 Å². The minimum atomic E-state index is 0.544. The molecule has 2 unspecified atom stereocenters. The smallest absolute Gasteiger partial charge is 0.0322 e. The highest BCUT2D eigenvalue weighted by Crippen LogP contribution is 2.29. The van der Waals surface area contributed by atoms with E-state index in [1.165, 1.54) is 50.5 Å². The molecule has 0 radical (unpaired) electrons. The molecule has 1 aromatic rings. The van der Waals surface area contributed by atoms with Gasteiger partial charge in [-0.1, -0.05) is 51.8 Å². The summed E-state index contributed by atoms with van der Waals surface area (Å²) in [6.45, 7) is 8.07. The van der Waals surface area contributed by atoms with E-state index in [-0.39, 0.29) is 0 Å². The van der Waals surface area contributed by atoms with Crippen molar-refractivity contribution in [2.75, 3.05) is 6.54 Å². The molecule has 20 heavy (non-hydrogen) atoms. The highest BCUT2D eigenvalue weighted by molar-refractivity contribution is 5.36. The van der Waals surface area contributed by atoms with Gasteiger partial charge in [0.15, 0.2) is 0 Å². The van der Waals surface area contributed by atoms with E-state index < -0.39 is 0 Å². The number of benzene rings is 1. The van der Waals surface area contributed by atoms with Crippen molar-refractivity contribution in [2.45, 2.75) is 71.8 Å². The first kappa shape index (κ1) is 15.6. The average Bonchev–Trinajstić information content (AvgIpc) is 2.91. The Bertz CT molecular complexity index is 410. The van der Waals surface area contributed by atoms with Crippen LogP contribution in [0.1, 0.15) is 75.6 Å². The van der Waals surface area contributed by atoms with Gasteiger partial charge in [0.2, 0.25) is 0 Å². The van der Waals surface area contributed by atoms with Gasteiger partial charge in [-0.25, -0.2) is 0 Å². The van der Waals surface area contributed by atoms with Crippen molar-refractivity contribution in [3.63, 3.8) is 0 Å². The molecule has 0 amide bonds. The van der Waals surface area contributed by atoms with E-state index in [1.807, 2.05) is 0 Å². The number of aryl methyl sites for hydroxylation is 2. The van der Waals surface area contributed by atoms with Crippen molar-refractivity contribution in [3.05, 3.63) is 34.9 Å². The second-order valence-electron chi connectivity index (χ2n) is 6.52. The van der Waals surface area contributed by atoms with Crippen LogP contribution in [0.3, 0.4) is 0 Å². The zero-order valence-corrected chi connectivity index (χ0v) is 13.5. The summed E-state index contributed by atoms with van der Waals surface area (Å²) in [5.41, 5.74) is 4.71. The normalized spacial score (nSPS) is 16.9. The van der Waals surface area contributed by atoms with Crippen LogP contribution < -0.4 is 5.32 Å². The van der Waals surface area contributed by atoms with Crippen LogP contribution in [-0.2, 0) is 12.8 Å². The summed E-state index contributed by atoms with van der Waals surface area (Å²) in [6, 6.07) is 7.77. The third kappa shape index (κ3) is 4.09. The standard InChI is InChI=1S/C19H31N/c1-4-7-15(3)13-19(20-12-5-2)18-11-10-16-8-6-9-17(16)14-18/h10-11,14-15,19-20H,4-9,12-13H2,1-3H3. The van der Waals surface area contributed by atoms with E-state index in [1.54, 1.807) is 11.1 Å². The average molecular weight is 273 g/mol. The molecule has 1 nitrogen and oxygen atoms in total. The molecule has 1 heteroatoms. The number of nitrogens with one attached hydrogen (secondary N) is 1. The third-order valence-electron chi connectivity index (χ3n) is 4.59. The molecule has 2 atom stereocenters. The summed E-state index contributed by atoms with van der Waals surface area (Å²) in [5.74, 6) is 0.808. The SMILES string of the molecule is CCCNC(CC(C)CCC)c1ccc2c(c1)CCC2. The Morgan fingerprint density at radius 1 is 1.10 bits per heavy atom. The van der Waals surface area contributed by atoms with Gasteiger partial charge in [-0.3, -0.25) is 0 Å². The van der Waals surface area contributed by atoms with E-state index in [4.69, 9.17) is 0 Å². The molecular weight excluding hydrogens is 242 g/mol. The van der Waals surface area contributed by atoms with Gasteiger partial charge in [-0.05, 0) is 61.3 Å². The van der Waals surface area contributed by atoms with E-state index >= 15 is 0 Å². The summed E-state index contributed by atoms with van der Waals surface area (Å²) >= 11 is 0. The van der Waals surface area contributed by atoms with Gasteiger partial charge < -0.3 is 5.32 Å². The van der Waals surface area contributed by atoms with Crippen LogP contribution in [0.2, 0.25) is 0 Å². The Morgan fingerprint density at radius 3 is 2.65 bits per heavy atom. The molecule has 0 saturated carbocycles. The molecule has 2 rings (SSSR count). The minimum Gasteiger partial charge on any atom is -0.310 e. The number of fused-ring (bicyclic) bond motifs is 1. The van der Waals surface area contributed by atoms with E-state index in [2.05, 4.69) is 44.3 Å². The summed E-state index contributed by atoms with van der Waals surface area (Å²) in [4.78, 5) is 0. The van der Waals surface area contributed by atoms with Gasteiger partial charge in [-0.2, -0.15) is 0 Å². The van der Waals surface area contributed by atoms with Gasteiger partial charge in [0.25, 0.3) is 0 Å². The second-order valence-corrected chi connectivity index (χ2v) is 6.52. The lowest BCUT2D eigenvalue weighted by Crippen LogP contribution is -2.24. The topological polar surface area (TPSA) is 12.0 Å². The number of hydrogen-bond donors (Lipinski definition) is 1. The fourth-order valence-corrected chi connectivity index (χ4v) is 3.48. The van der Waals surface area contributed by atoms with Crippen LogP contribution in [-0.4, -0.2) is 6.54 Å². The predicted octanol–water partition coefficient (Wildman–Crippen LogP) is 5.04. The van der Waals surface area contributed by atoms with Crippen LogP contribution in [0.15, 0.2) is 18.2 Å². The Kier molecular flexibility index (Phi) is 6.09. The molecule has 1 aliphatic rings. The monoisotopic (exact) mass is 273 g/mol. The molecule has 0 aromatic heterocycles. The first-order valence-electron chi connectivity index (χ1n) is 8.59. The summed E-state index contributed by atoms with van der Waals surface area (Å²) < 4.78 is 0. The molecular formula is C19H31N. The molecule has 0 bridgehead atoms. The van der Waals surface area contributed by atoms with Crippen LogP contribution in [0.25, 0.3) is 0 Å². The molecule has 0 fully saturated rings. The maximum absolute atomic E-state index is 3.77. The highest BCUT2D eigenvalue weighted by atomic mass is 14.9. The van der Waals surface area contributed by atoms with Crippen molar-refractivity contribution in [3.8, 4) is 0 Å². The predicted molar refractivity (Wildman–Crippen MR) is 88.2 cm³/mol. The van der Waals surface area contributed by atoms with Gasteiger partial charge in [-0.15, -0.1) is 0 Å². The lowest BCUT2D eigenvalue weighted by Gasteiger charge is -2.23. The highest BCUT2D eigenvalue weighted by Gasteiger charge is 2.17. The quantitative estimate of drug-likeness (QED) is 0.699. The molecule has 0 heterocycles. The molecule has 112 valence electrons. The van der Waals surface area contributed by atoms with Gasteiger partial charge in [0, 0.05) is 6.04 Å². The van der Waals surface area contributed by atoms with Crippen molar-refractivity contribution < 1.29 is 0 Å². The first-order valence-corrected chi connectivity index (χ1v) is 8.59. The maximum Gasteiger partial charge on any atom is 0.0322 e. The van der Waals surface area contributed by atoms with Crippen molar-refractivity contribution in [1.29, 1.82) is 0 Å². The molecule has 0 saturated heterocycles. The summed E-state index contributed by atoms with van der Waals surface area (Å²) in [5, 5.41) is 3.77. The molecule has 0 spiro atoms. The van der Waals surface area contributed by atoms with Gasteiger partial charge in [0.05, 0.1) is 0 Å². The van der Waals surface area contributed by atoms with Gasteiger partial charge in [0.1, 0.15) is 0 Å². The van der Waals surface area contributed by atoms with Crippen LogP contribution in [0, 0.1) is 5.92 Å². The molecule has 1 aromatic carbocycles. The van der Waals surface area contributed by atoms with Gasteiger partial charge >= 0.3 is 0 Å². The van der Waals surface area contributed by atoms with Crippen molar-refractivity contribution in [1.82, 2.24) is 5.32 Å². The molecule has 1 aliphatic carbocycles. The van der Waals surface area contributed by atoms with E-state index in [9.17, 15) is 0 Å². The Hall–Kier alpha value is -0.820. The fraction of sp³-hybridized carbons (Fsp3) is 0.684. The minimum absolute atomic E-state index is 0.544. The Labute approximate surface area is 125 Å². The lowest BCUT2D eigenvalue weighted by molar-refractivity contribution is 0.390. The summed E-state index contributed by atoms with van der Waals surface area (Å²) in [6.07, 6.45) is 9.04. The largest absolute Gasteiger partial charge is 0.310 e. The second kappa shape index (κ2) is 7.83. The van der Waals surface area contributed by atoms with Crippen LogP contribution >= 0.6 is 0 Å². The zero-order chi connectivity index (χ0) is 14.4. The molecule has 0 aliphatic heterocycles. The maximum atomic E-state index is 3.77. The number of rotatable bonds is 8. The number of hydrogen-bond acceptors (Lipinski definition) is 1.